The number of aromatic carboxylic acids is 1. The van der Waals surface area contributed by atoms with Gasteiger partial charge in [-0.15, -0.1) is 0 Å². The fourth-order valence-corrected chi connectivity index (χ4v) is 3.98. The average molecular weight is 443 g/mol. The van der Waals surface area contributed by atoms with Crippen molar-refractivity contribution in [3.8, 4) is 28.7 Å². The lowest BCUT2D eigenvalue weighted by Crippen LogP contribution is -2.32. The van der Waals surface area contributed by atoms with E-state index in [2.05, 4.69) is 15.9 Å². The molecule has 10 heteroatoms. The van der Waals surface area contributed by atoms with E-state index >= 15 is 0 Å². The van der Waals surface area contributed by atoms with Crippen molar-refractivity contribution in [1.29, 1.82) is 5.26 Å². The van der Waals surface area contributed by atoms with Crippen molar-refractivity contribution >= 4 is 11.5 Å². The molecule has 3 aromatic rings. The topological polar surface area (TPSA) is 106 Å². The number of fused-ring (bicyclic) bond motifs is 1. The molecule has 1 fully saturated rings. The summed E-state index contributed by atoms with van der Waals surface area (Å²) in [5.41, 5.74) is 1.25. The predicted molar refractivity (Wildman–Crippen MR) is 108 cm³/mol. The number of pyridine rings is 1. The van der Waals surface area contributed by atoms with Gasteiger partial charge in [-0.2, -0.15) is 19.1 Å². The Labute approximate surface area is 181 Å². The smallest absolute Gasteiger partial charge is 0.387 e. The number of nitrogens with zero attached hydrogens (tertiary/aromatic N) is 3. The lowest BCUT2D eigenvalue weighted by atomic mass is 9.76. The van der Waals surface area contributed by atoms with E-state index in [0.29, 0.717) is 42.7 Å². The van der Waals surface area contributed by atoms with Crippen LogP contribution >= 0.6 is 0 Å². The van der Waals surface area contributed by atoms with Crippen molar-refractivity contribution in [2.45, 2.75) is 24.9 Å². The van der Waals surface area contributed by atoms with Crippen LogP contribution in [0.5, 0.6) is 11.5 Å². The zero-order valence-corrected chi connectivity index (χ0v) is 17.0. The molecule has 0 amide bonds. The summed E-state index contributed by atoms with van der Waals surface area (Å²) in [5, 5.41) is 23.6. The van der Waals surface area contributed by atoms with Gasteiger partial charge < -0.3 is 19.3 Å². The van der Waals surface area contributed by atoms with Gasteiger partial charge in [-0.25, -0.2) is 9.31 Å². The van der Waals surface area contributed by atoms with Crippen molar-refractivity contribution in [2.24, 2.45) is 0 Å². The number of methoxy groups -OCH3 is 1. The second-order valence-electron chi connectivity index (χ2n) is 7.35. The number of alkyl halides is 2. The van der Waals surface area contributed by atoms with Crippen molar-refractivity contribution < 1.29 is 32.9 Å². The predicted octanol–water partition coefficient (Wildman–Crippen LogP) is 3.88. The van der Waals surface area contributed by atoms with Crippen LogP contribution in [-0.4, -0.2) is 47.6 Å². The molecule has 0 atom stereocenters. The van der Waals surface area contributed by atoms with Crippen LogP contribution in [0.1, 0.15) is 28.8 Å². The van der Waals surface area contributed by atoms with Gasteiger partial charge >= 0.3 is 12.6 Å². The summed E-state index contributed by atoms with van der Waals surface area (Å²) in [4.78, 5) is 11.6. The van der Waals surface area contributed by atoms with Gasteiger partial charge in [0.05, 0.1) is 30.3 Å². The molecule has 0 aliphatic carbocycles. The SMILES string of the molecule is COc1cc(-c2cnn3cc(C4(C#N)CCOCC4)ccc23)cc(OC(F)F)c1C(=O)O. The van der Waals surface area contributed by atoms with Crippen LogP contribution < -0.4 is 9.47 Å². The summed E-state index contributed by atoms with van der Waals surface area (Å²) in [6.07, 6.45) is 4.45. The molecule has 1 aliphatic heterocycles. The Bertz CT molecular complexity index is 1210. The van der Waals surface area contributed by atoms with Gasteiger partial charge in [0.25, 0.3) is 0 Å². The number of rotatable bonds is 6. The van der Waals surface area contributed by atoms with Crippen molar-refractivity contribution in [3.05, 3.63) is 47.8 Å². The minimum absolute atomic E-state index is 0.118. The largest absolute Gasteiger partial charge is 0.496 e. The molecule has 166 valence electrons. The molecule has 1 saturated heterocycles. The molecular weight excluding hydrogens is 424 g/mol. The first-order chi connectivity index (χ1) is 15.4. The fraction of sp³-hybridized carbons (Fsp3) is 0.318. The van der Waals surface area contributed by atoms with Gasteiger partial charge in [-0.1, -0.05) is 6.07 Å². The Morgan fingerprint density at radius 2 is 2.03 bits per heavy atom. The highest BCUT2D eigenvalue weighted by Crippen LogP contribution is 2.39. The van der Waals surface area contributed by atoms with Gasteiger partial charge in [0.2, 0.25) is 0 Å². The molecule has 1 aliphatic rings. The minimum Gasteiger partial charge on any atom is -0.496 e. The van der Waals surface area contributed by atoms with Gasteiger partial charge in [0.1, 0.15) is 17.1 Å². The molecule has 3 heterocycles. The van der Waals surface area contributed by atoms with E-state index < -0.39 is 29.3 Å². The Hall–Kier alpha value is -3.71. The zero-order chi connectivity index (χ0) is 22.9. The Morgan fingerprint density at radius 1 is 1.31 bits per heavy atom. The molecule has 0 bridgehead atoms. The molecule has 1 N–H and O–H groups in total. The summed E-state index contributed by atoms with van der Waals surface area (Å²) in [6.45, 7) is -2.21. The van der Waals surface area contributed by atoms with E-state index in [1.807, 2.05) is 6.07 Å². The highest BCUT2D eigenvalue weighted by Gasteiger charge is 2.35. The number of aromatic nitrogens is 2. The first kappa shape index (κ1) is 21.5. The number of carbonyl (C=O) groups is 1. The molecule has 0 saturated carbocycles. The average Bonchev–Trinajstić information content (AvgIpc) is 3.21. The normalized spacial score (nSPS) is 15.5. The number of hydrogen-bond acceptors (Lipinski definition) is 6. The number of carboxylic acids is 1. The van der Waals surface area contributed by atoms with Crippen LogP contribution in [0.3, 0.4) is 0 Å². The van der Waals surface area contributed by atoms with Crippen LogP contribution in [0, 0.1) is 11.3 Å². The Morgan fingerprint density at radius 3 is 2.66 bits per heavy atom. The van der Waals surface area contributed by atoms with E-state index in [1.165, 1.54) is 25.4 Å². The lowest BCUT2D eigenvalue weighted by molar-refractivity contribution is -0.0503. The van der Waals surface area contributed by atoms with Gasteiger partial charge in [0.15, 0.2) is 0 Å². The monoisotopic (exact) mass is 443 g/mol. The van der Waals surface area contributed by atoms with Gasteiger partial charge in [-0.3, -0.25) is 0 Å². The maximum absolute atomic E-state index is 12.9. The van der Waals surface area contributed by atoms with Crippen molar-refractivity contribution in [3.63, 3.8) is 0 Å². The van der Waals surface area contributed by atoms with Gasteiger partial charge in [0, 0.05) is 25.0 Å². The fourth-order valence-electron chi connectivity index (χ4n) is 3.98. The standard InChI is InChI=1S/C22H19F2N3O5/c1-30-17-8-13(9-18(32-21(23)24)19(17)20(28)29)15-10-26-27-11-14(2-3-16(15)27)22(12-25)4-6-31-7-5-22/h2-3,8-11,21H,4-7H2,1H3,(H,28,29). The number of ether oxygens (including phenoxy) is 3. The summed E-state index contributed by atoms with van der Waals surface area (Å²) in [6, 6.07) is 8.70. The second kappa shape index (κ2) is 8.43. The van der Waals surface area contributed by atoms with E-state index in [0.717, 1.165) is 5.56 Å². The third-order valence-corrected chi connectivity index (χ3v) is 5.66. The molecule has 1 aromatic carbocycles. The highest BCUT2D eigenvalue weighted by molar-refractivity contribution is 5.96. The maximum Gasteiger partial charge on any atom is 0.387 e. The van der Waals surface area contributed by atoms with Crippen LogP contribution in [0.15, 0.2) is 36.7 Å². The maximum atomic E-state index is 12.9. The van der Waals surface area contributed by atoms with E-state index in [4.69, 9.17) is 9.47 Å². The van der Waals surface area contributed by atoms with E-state index in [1.54, 1.807) is 16.8 Å². The Balaban J connectivity index is 1.82. The molecule has 8 nitrogen and oxygen atoms in total. The van der Waals surface area contributed by atoms with Crippen molar-refractivity contribution in [2.75, 3.05) is 20.3 Å². The first-order valence-electron chi connectivity index (χ1n) is 9.76. The van der Waals surface area contributed by atoms with Crippen LogP contribution in [0.25, 0.3) is 16.6 Å². The first-order valence-corrected chi connectivity index (χ1v) is 9.76. The number of nitriles is 1. The summed E-state index contributed by atoms with van der Waals surface area (Å²) < 4.78 is 42.4. The molecule has 2 aromatic heterocycles. The zero-order valence-electron chi connectivity index (χ0n) is 17.0. The number of benzene rings is 1. The van der Waals surface area contributed by atoms with Crippen molar-refractivity contribution in [1.82, 2.24) is 9.61 Å². The Kier molecular flexibility index (Phi) is 5.67. The molecule has 0 radical (unpaired) electrons. The second-order valence-corrected chi connectivity index (χ2v) is 7.35. The minimum atomic E-state index is -3.21. The summed E-state index contributed by atoms with van der Waals surface area (Å²) >= 11 is 0. The molecular formula is C22H19F2N3O5. The molecule has 0 unspecified atom stereocenters. The molecule has 32 heavy (non-hydrogen) atoms. The van der Waals surface area contributed by atoms with Crippen LogP contribution in [0.2, 0.25) is 0 Å². The lowest BCUT2D eigenvalue weighted by Gasteiger charge is -2.30. The number of carboxylic acid groups (broad SMARTS) is 1. The number of hydrogen-bond donors (Lipinski definition) is 1. The molecule has 4 rings (SSSR count). The quantitative estimate of drug-likeness (QED) is 0.616. The van der Waals surface area contributed by atoms with Gasteiger partial charge in [-0.05, 0) is 42.2 Å². The van der Waals surface area contributed by atoms with Crippen LogP contribution in [0.4, 0.5) is 8.78 Å². The third kappa shape index (κ3) is 3.71. The number of halogens is 2. The summed E-state index contributed by atoms with van der Waals surface area (Å²) in [5.74, 6) is -2.08. The summed E-state index contributed by atoms with van der Waals surface area (Å²) in [7, 11) is 1.25. The van der Waals surface area contributed by atoms with E-state index in [9.17, 15) is 23.9 Å². The molecule has 0 spiro atoms. The van der Waals surface area contributed by atoms with E-state index in [-0.39, 0.29) is 5.75 Å². The van der Waals surface area contributed by atoms with Crippen LogP contribution in [-0.2, 0) is 10.2 Å². The highest BCUT2D eigenvalue weighted by atomic mass is 19.3. The third-order valence-electron chi connectivity index (χ3n) is 5.66.